The van der Waals surface area contributed by atoms with E-state index in [0.717, 1.165) is 199 Å². The van der Waals surface area contributed by atoms with Crippen molar-refractivity contribution in [1.29, 1.82) is 0 Å². The van der Waals surface area contributed by atoms with Crippen LogP contribution in [-0.2, 0) is 45.2 Å². The number of hydrogen-bond acceptors (Lipinski definition) is 18. The fraction of sp³-hybridized carbons (Fsp3) is 0.536. The number of allylic oxidation sites excluding steroid dienone is 1. The number of carbonyl (C=O) groups is 4. The van der Waals surface area contributed by atoms with Crippen LogP contribution in [0.4, 0.5) is 5.69 Å². The number of anilines is 1. The van der Waals surface area contributed by atoms with Crippen LogP contribution in [0.1, 0.15) is 144 Å². The first-order valence-electron chi connectivity index (χ1n) is 38.8. The van der Waals surface area contributed by atoms with Gasteiger partial charge in [-0.2, -0.15) is 0 Å². The molecule has 0 spiro atoms. The third-order valence-electron chi connectivity index (χ3n) is 22.4. The van der Waals surface area contributed by atoms with Gasteiger partial charge in [-0.1, -0.05) is 125 Å². The Balaban J connectivity index is 0.602. The number of sulfone groups is 2. The summed E-state index contributed by atoms with van der Waals surface area (Å²) in [6.45, 7) is 26.5. The molecule has 6 atom stereocenters. The zero-order chi connectivity index (χ0) is 76.8. The Hall–Kier alpha value is -6.35. The monoisotopic (exact) mass is 1570 g/mol. The lowest BCUT2D eigenvalue weighted by molar-refractivity contribution is -0.144. The second kappa shape index (κ2) is 37.8. The summed E-state index contributed by atoms with van der Waals surface area (Å²) in [7, 11) is -8.05. The average molecular weight is 1570 g/mol. The van der Waals surface area contributed by atoms with E-state index in [2.05, 4.69) is 71.3 Å². The first-order valence-corrected chi connectivity index (χ1v) is 44.6. The lowest BCUT2D eigenvalue weighted by Crippen LogP contribution is -2.57. The number of aliphatic hydroxyl groups is 1. The molecule has 0 bridgehead atoms. The van der Waals surface area contributed by atoms with Gasteiger partial charge in [-0.15, -0.1) is 23.1 Å². The number of aryl methyl sites for hydroxylation is 1. The Morgan fingerprint density at radius 2 is 1.43 bits per heavy atom. The number of nitrogens with one attached hydrogen (secondary N) is 2. The van der Waals surface area contributed by atoms with Crippen LogP contribution in [0.3, 0.4) is 0 Å². The topological polar surface area (TPSA) is 222 Å². The summed E-state index contributed by atoms with van der Waals surface area (Å²) >= 11 is 9.75. The molecule has 6 aromatic rings. The van der Waals surface area contributed by atoms with E-state index < -0.39 is 54.8 Å². The van der Waals surface area contributed by atoms with E-state index in [0.29, 0.717) is 31.6 Å². The predicted molar refractivity (Wildman–Crippen MR) is 435 cm³/mol. The molecule has 1 aromatic heterocycles. The standard InChI is InChI=1S/C84H112ClN9O10S4/c1-60(63-19-21-66(22-20-63)79-61(2)86-59-106-79)87-81(98)75-51-71(95)55-94(75)82(99)80(83(3,4)5)88-78(97)18-14-9-8-10-15-36-89-38-40-92(41-39-89)58-84(6)35-33-74(64-23-28-69(85)29-24-64)68(53-84)54-91-42-44-93(45-43-91)70-30-25-65(26-31-70)76(96)57-108(102,103)73-32-27-67(77(52-73)107(7,100)101)50-62(34-37-90-46-48-104-49-47-90)56-105-72-16-12-11-13-17-72/h11-13,16-17,19-32,52,59-60,62,71,75,80,95H,8-10,14-15,18,33-51,53-58H2,1-7H3,(H,87,98)(H,88,97)/t60-,62-,71+,75-,80+,84?/m0/s1. The Kier molecular flexibility index (Phi) is 28.9. The summed E-state index contributed by atoms with van der Waals surface area (Å²) in [5, 5.41) is 17.6. The number of aliphatic hydroxyl groups excluding tert-OH is 1. The first kappa shape index (κ1) is 82.6. The van der Waals surface area contributed by atoms with Gasteiger partial charge in [-0.05, 0) is 177 Å². The number of unbranched alkanes of at least 4 members (excludes halogenated alkanes) is 4. The number of amides is 3. The third kappa shape index (κ3) is 22.9. The zero-order valence-electron chi connectivity index (χ0n) is 64.2. The highest BCUT2D eigenvalue weighted by Crippen LogP contribution is 2.44. The number of benzene rings is 5. The van der Waals surface area contributed by atoms with Crippen molar-refractivity contribution in [2.45, 2.75) is 158 Å². The van der Waals surface area contributed by atoms with E-state index >= 15 is 0 Å². The predicted octanol–water partition coefficient (Wildman–Crippen LogP) is 12.6. The van der Waals surface area contributed by atoms with Crippen molar-refractivity contribution >= 4 is 89.1 Å². The molecule has 19 nitrogen and oxygen atoms in total. The van der Waals surface area contributed by atoms with Crippen molar-refractivity contribution in [2.24, 2.45) is 16.7 Å². The van der Waals surface area contributed by atoms with Gasteiger partial charge in [0.15, 0.2) is 25.5 Å². The number of thiazole rings is 1. The second-order valence-electron chi connectivity index (χ2n) is 32.1. The molecule has 1 aliphatic carbocycles. The number of rotatable bonds is 33. The van der Waals surface area contributed by atoms with Crippen LogP contribution in [0, 0.1) is 23.7 Å². The van der Waals surface area contributed by atoms with Gasteiger partial charge >= 0.3 is 0 Å². The molecule has 584 valence electrons. The molecule has 5 aromatic carbocycles. The summed E-state index contributed by atoms with van der Waals surface area (Å²) < 4.78 is 60.4. The number of morpholine rings is 1. The van der Waals surface area contributed by atoms with Gasteiger partial charge in [0.25, 0.3) is 0 Å². The largest absolute Gasteiger partial charge is 0.391 e. The highest BCUT2D eigenvalue weighted by atomic mass is 35.5. The maximum atomic E-state index is 14.3. The molecule has 4 saturated heterocycles. The highest BCUT2D eigenvalue weighted by molar-refractivity contribution is 7.99. The molecule has 5 heterocycles. The van der Waals surface area contributed by atoms with Crippen LogP contribution in [0.5, 0.6) is 0 Å². The number of carbonyl (C=O) groups excluding carboxylic acids is 4. The summed E-state index contributed by atoms with van der Waals surface area (Å²) in [6.07, 6.45) is 9.94. The first-order chi connectivity index (χ1) is 51.6. The summed E-state index contributed by atoms with van der Waals surface area (Å²) in [6, 6.07) is 35.9. The lowest BCUT2D eigenvalue weighted by Gasteiger charge is -2.44. The fourth-order valence-corrected chi connectivity index (χ4v) is 20.4. The molecule has 3 amide bonds. The zero-order valence-corrected chi connectivity index (χ0v) is 68.2. The number of piperazine rings is 2. The minimum absolute atomic E-state index is 0.0181. The molecule has 5 aliphatic rings. The molecule has 4 aliphatic heterocycles. The van der Waals surface area contributed by atoms with E-state index in [9.17, 15) is 41.1 Å². The van der Waals surface area contributed by atoms with Gasteiger partial charge in [0.05, 0.1) is 51.2 Å². The third-order valence-corrected chi connectivity index (χ3v) is 27.7. The van der Waals surface area contributed by atoms with Gasteiger partial charge < -0.3 is 40.1 Å². The van der Waals surface area contributed by atoms with Gasteiger partial charge in [0.1, 0.15) is 17.8 Å². The van der Waals surface area contributed by atoms with Crippen LogP contribution in [0.25, 0.3) is 16.0 Å². The van der Waals surface area contributed by atoms with Crippen LogP contribution in [0.2, 0.25) is 5.02 Å². The molecule has 24 heteroatoms. The number of β-amino-alcohol motifs (C(OH)–C–C–N with tert-alkyl or cyclic N) is 1. The molecule has 11 rings (SSSR count). The molecule has 0 saturated carbocycles. The van der Waals surface area contributed by atoms with E-state index in [-0.39, 0.29) is 63.4 Å². The Labute approximate surface area is 654 Å². The molecular weight excluding hydrogens is 1460 g/mol. The number of nitrogens with zero attached hydrogens (tertiary/aromatic N) is 7. The number of halogens is 1. The van der Waals surface area contributed by atoms with Gasteiger partial charge in [0.2, 0.25) is 17.7 Å². The number of Topliss-reactive ketones (excluding diaryl/α,β-unsaturated/α-hetero) is 1. The molecule has 4 fully saturated rings. The van der Waals surface area contributed by atoms with Crippen LogP contribution < -0.4 is 15.5 Å². The van der Waals surface area contributed by atoms with Crippen LogP contribution in [0.15, 0.2) is 147 Å². The van der Waals surface area contributed by atoms with Crippen molar-refractivity contribution < 1.29 is 45.9 Å². The Morgan fingerprint density at radius 1 is 0.769 bits per heavy atom. The maximum absolute atomic E-state index is 14.3. The number of ketones is 1. The summed E-state index contributed by atoms with van der Waals surface area (Å²) in [5.74, 6) is -1.35. The quantitative estimate of drug-likeness (QED) is 0.0198. The van der Waals surface area contributed by atoms with Gasteiger partial charge in [-0.25, -0.2) is 21.8 Å². The van der Waals surface area contributed by atoms with E-state index in [1.807, 2.05) is 107 Å². The summed E-state index contributed by atoms with van der Waals surface area (Å²) in [4.78, 5) is 75.8. The number of hydrogen-bond donors (Lipinski definition) is 3. The van der Waals surface area contributed by atoms with Crippen molar-refractivity contribution in [3.05, 3.63) is 165 Å². The minimum atomic E-state index is -4.21. The van der Waals surface area contributed by atoms with E-state index in [4.69, 9.17) is 16.3 Å². The summed E-state index contributed by atoms with van der Waals surface area (Å²) in [5.41, 5.74) is 10.2. The maximum Gasteiger partial charge on any atom is 0.246 e. The number of ether oxygens (including phenoxy) is 1. The van der Waals surface area contributed by atoms with E-state index in [1.165, 1.54) is 33.7 Å². The highest BCUT2D eigenvalue weighted by Gasteiger charge is 2.45. The van der Waals surface area contributed by atoms with Crippen LogP contribution >= 0.6 is 34.7 Å². The Morgan fingerprint density at radius 3 is 2.10 bits per heavy atom. The van der Waals surface area contributed by atoms with Crippen molar-refractivity contribution in [3.63, 3.8) is 0 Å². The molecule has 0 radical (unpaired) electrons. The lowest BCUT2D eigenvalue weighted by atomic mass is 9.71. The molecular formula is C84H112ClN9O10S4. The Bertz CT molecular complexity index is 4270. The molecule has 108 heavy (non-hydrogen) atoms. The van der Waals surface area contributed by atoms with Gasteiger partial charge in [0, 0.05) is 131 Å². The smallest absolute Gasteiger partial charge is 0.246 e. The number of aromatic nitrogens is 1. The SMILES string of the molecule is Cc1ncsc1-c1ccc([C@H](C)NC(=O)[C@@H]2C[C@@H](O)CN2C(=O)[C@@H](NC(=O)CCCCCCCN2CCN(CC3(C)CCC(c4ccc(Cl)cc4)=C(CN4CCN(c5ccc(C(=O)CS(=O)(=O)c6ccc(C[C@H](CCN7CCOCC7)CSc7ccccc7)c(S(C)(=O)=O)c6)cc5)CC4)C3)CC2)C(C)(C)C)cc1. The molecule has 1 unspecified atom stereocenters. The number of likely N-dealkylation sites (tertiary alicyclic amines) is 1. The van der Waals surface area contributed by atoms with Crippen molar-refractivity contribution in [3.8, 4) is 10.4 Å². The minimum Gasteiger partial charge on any atom is -0.391 e. The number of thioether (sulfide) groups is 1. The second-order valence-corrected chi connectivity index (χ2v) is 38.4. The van der Waals surface area contributed by atoms with Crippen molar-refractivity contribution in [1.82, 2.24) is 40.1 Å². The normalized spacial score (nSPS) is 20.5. The van der Waals surface area contributed by atoms with E-state index in [1.54, 1.807) is 41.3 Å². The van der Waals surface area contributed by atoms with Crippen molar-refractivity contribution in [2.75, 3.05) is 134 Å². The van der Waals surface area contributed by atoms with Crippen LogP contribution in [-0.4, -0.2) is 222 Å². The molecule has 3 N–H and O–H groups in total. The van der Waals surface area contributed by atoms with Gasteiger partial charge in [-0.3, -0.25) is 29.0 Å². The average Bonchev–Trinajstić information content (AvgIpc) is 1.42. The fourth-order valence-electron chi connectivity index (χ4n) is 16.1.